The van der Waals surface area contributed by atoms with Gasteiger partial charge in [0, 0.05) is 24.8 Å². The molecule has 0 saturated carbocycles. The van der Waals surface area contributed by atoms with Gasteiger partial charge in [0.1, 0.15) is 5.82 Å². The minimum absolute atomic E-state index is 0.0374. The van der Waals surface area contributed by atoms with Crippen LogP contribution in [0.5, 0.6) is 0 Å². The van der Waals surface area contributed by atoms with Crippen molar-refractivity contribution in [3.63, 3.8) is 0 Å². The van der Waals surface area contributed by atoms with Crippen molar-refractivity contribution < 1.29 is 9.90 Å². The molecule has 0 spiro atoms. The Labute approximate surface area is 123 Å². The summed E-state index contributed by atoms with van der Waals surface area (Å²) in [5, 5.41) is 16.5. The van der Waals surface area contributed by atoms with E-state index in [0.717, 1.165) is 30.6 Å². The number of carboxylic acids is 1. The van der Waals surface area contributed by atoms with Crippen molar-refractivity contribution in [2.75, 3.05) is 5.32 Å². The molecule has 2 rings (SSSR count). The van der Waals surface area contributed by atoms with E-state index >= 15 is 0 Å². The van der Waals surface area contributed by atoms with Gasteiger partial charge in [-0.2, -0.15) is 5.10 Å². The van der Waals surface area contributed by atoms with Gasteiger partial charge >= 0.3 is 5.97 Å². The van der Waals surface area contributed by atoms with Gasteiger partial charge in [0.2, 0.25) is 0 Å². The molecule has 2 heterocycles. The number of pyridine rings is 1. The second-order valence-corrected chi connectivity index (χ2v) is 4.92. The highest BCUT2D eigenvalue weighted by Crippen LogP contribution is 2.11. The van der Waals surface area contributed by atoms with Gasteiger partial charge in [-0.3, -0.25) is 4.68 Å². The Balaban J connectivity index is 2.01. The van der Waals surface area contributed by atoms with Crippen LogP contribution in [0, 0.1) is 6.92 Å². The fourth-order valence-corrected chi connectivity index (χ4v) is 2.01. The number of hydrogen-bond donors (Lipinski definition) is 2. The molecule has 2 N–H and O–H groups in total. The third-order valence-electron chi connectivity index (χ3n) is 3.22. The smallest absolute Gasteiger partial charge is 0.354 e. The predicted molar refractivity (Wildman–Crippen MR) is 80.4 cm³/mol. The van der Waals surface area contributed by atoms with E-state index in [1.165, 1.54) is 6.07 Å². The van der Waals surface area contributed by atoms with E-state index in [-0.39, 0.29) is 5.69 Å². The molecular weight excluding hydrogens is 268 g/mol. The van der Waals surface area contributed by atoms with Gasteiger partial charge < -0.3 is 10.4 Å². The topological polar surface area (TPSA) is 80.0 Å². The summed E-state index contributed by atoms with van der Waals surface area (Å²) in [4.78, 5) is 14.9. The highest BCUT2D eigenvalue weighted by Gasteiger charge is 2.07. The van der Waals surface area contributed by atoms with Crippen LogP contribution in [0.3, 0.4) is 0 Å². The number of hydrogen-bond acceptors (Lipinski definition) is 4. The summed E-state index contributed by atoms with van der Waals surface area (Å²) in [5.74, 6) is -0.474. The van der Waals surface area contributed by atoms with Crippen LogP contribution < -0.4 is 5.32 Å². The van der Waals surface area contributed by atoms with E-state index in [0.29, 0.717) is 12.4 Å². The molecule has 21 heavy (non-hydrogen) atoms. The first kappa shape index (κ1) is 15.0. The lowest BCUT2D eigenvalue weighted by molar-refractivity contribution is 0.0690. The van der Waals surface area contributed by atoms with Gasteiger partial charge in [-0.05, 0) is 25.5 Å². The van der Waals surface area contributed by atoms with E-state index in [1.807, 2.05) is 17.8 Å². The summed E-state index contributed by atoms with van der Waals surface area (Å²) in [6.45, 7) is 5.62. The number of aromatic nitrogens is 3. The highest BCUT2D eigenvalue weighted by atomic mass is 16.4. The summed E-state index contributed by atoms with van der Waals surface area (Å²) < 4.78 is 1.96. The zero-order valence-electron chi connectivity index (χ0n) is 12.3. The zero-order valence-corrected chi connectivity index (χ0v) is 12.3. The molecule has 2 aromatic rings. The molecule has 0 radical (unpaired) electrons. The Hall–Kier alpha value is -2.37. The maximum atomic E-state index is 10.9. The number of aryl methyl sites for hydroxylation is 2. The van der Waals surface area contributed by atoms with Crippen LogP contribution in [-0.2, 0) is 13.1 Å². The molecule has 0 aliphatic carbocycles. The van der Waals surface area contributed by atoms with Crippen molar-refractivity contribution in [1.82, 2.24) is 14.8 Å². The normalized spacial score (nSPS) is 10.6. The van der Waals surface area contributed by atoms with Crippen LogP contribution in [0.4, 0.5) is 5.82 Å². The Morgan fingerprint density at radius 1 is 1.43 bits per heavy atom. The van der Waals surface area contributed by atoms with Crippen LogP contribution in [0.15, 0.2) is 24.4 Å². The average molecular weight is 288 g/mol. The summed E-state index contributed by atoms with van der Waals surface area (Å²) in [6, 6.07) is 4.90. The lowest BCUT2D eigenvalue weighted by Gasteiger charge is -2.05. The van der Waals surface area contributed by atoms with Crippen molar-refractivity contribution in [2.24, 2.45) is 0 Å². The summed E-state index contributed by atoms with van der Waals surface area (Å²) >= 11 is 0. The molecule has 0 aliphatic heterocycles. The SMILES string of the molecule is CCCCn1cc(CNc2cccc(C(=O)O)n2)c(C)n1. The number of nitrogens with one attached hydrogen (secondary N) is 1. The van der Waals surface area contributed by atoms with Crippen molar-refractivity contribution in [3.05, 3.63) is 41.3 Å². The van der Waals surface area contributed by atoms with E-state index in [1.54, 1.807) is 12.1 Å². The lowest BCUT2D eigenvalue weighted by atomic mass is 10.2. The van der Waals surface area contributed by atoms with Crippen molar-refractivity contribution in [3.8, 4) is 0 Å². The second-order valence-electron chi connectivity index (χ2n) is 4.92. The monoisotopic (exact) mass is 288 g/mol. The minimum atomic E-state index is -1.03. The summed E-state index contributed by atoms with van der Waals surface area (Å²) in [5.41, 5.74) is 2.11. The zero-order chi connectivity index (χ0) is 15.2. The Bertz CT molecular complexity index is 622. The van der Waals surface area contributed by atoms with Crippen LogP contribution in [0.2, 0.25) is 0 Å². The minimum Gasteiger partial charge on any atom is -0.477 e. The van der Waals surface area contributed by atoms with Crippen molar-refractivity contribution in [2.45, 2.75) is 39.8 Å². The Kier molecular flexibility index (Phi) is 4.92. The molecule has 0 fully saturated rings. The molecule has 6 nitrogen and oxygen atoms in total. The third-order valence-corrected chi connectivity index (χ3v) is 3.22. The number of rotatable bonds is 7. The molecule has 0 amide bonds. The highest BCUT2D eigenvalue weighted by molar-refractivity contribution is 5.85. The van der Waals surface area contributed by atoms with Gasteiger partial charge in [-0.1, -0.05) is 19.4 Å². The molecule has 0 aliphatic rings. The number of nitrogens with zero attached hydrogens (tertiary/aromatic N) is 3. The maximum Gasteiger partial charge on any atom is 0.354 e. The fourth-order valence-electron chi connectivity index (χ4n) is 2.01. The molecule has 0 bridgehead atoms. The third kappa shape index (κ3) is 4.05. The van der Waals surface area contributed by atoms with E-state index in [4.69, 9.17) is 5.11 Å². The van der Waals surface area contributed by atoms with Gasteiger partial charge in [-0.15, -0.1) is 0 Å². The first-order valence-corrected chi connectivity index (χ1v) is 7.07. The summed E-state index contributed by atoms with van der Waals surface area (Å²) in [6.07, 6.45) is 4.27. The fraction of sp³-hybridized carbons (Fsp3) is 0.400. The van der Waals surface area contributed by atoms with Crippen LogP contribution in [0.25, 0.3) is 0 Å². The van der Waals surface area contributed by atoms with Crippen LogP contribution in [-0.4, -0.2) is 25.8 Å². The standard InChI is InChI=1S/C15H20N4O2/c1-3-4-8-19-10-12(11(2)18-19)9-16-14-7-5-6-13(17-14)15(20)21/h5-7,10H,3-4,8-9H2,1-2H3,(H,16,17)(H,20,21). The lowest BCUT2D eigenvalue weighted by Crippen LogP contribution is -2.06. The molecular formula is C15H20N4O2. The quantitative estimate of drug-likeness (QED) is 0.818. The first-order chi connectivity index (χ1) is 10.1. The molecule has 0 saturated heterocycles. The number of carboxylic acid groups (broad SMARTS) is 1. The number of unbranched alkanes of at least 4 members (excludes halogenated alkanes) is 1. The van der Waals surface area contributed by atoms with Gasteiger partial charge in [0.05, 0.1) is 5.69 Å². The molecule has 0 aromatic carbocycles. The van der Waals surface area contributed by atoms with E-state index < -0.39 is 5.97 Å². The molecule has 0 unspecified atom stereocenters. The van der Waals surface area contributed by atoms with E-state index in [9.17, 15) is 4.79 Å². The van der Waals surface area contributed by atoms with E-state index in [2.05, 4.69) is 22.3 Å². The van der Waals surface area contributed by atoms with Gasteiger partial charge in [0.25, 0.3) is 0 Å². The van der Waals surface area contributed by atoms with Crippen LogP contribution in [0.1, 0.15) is 41.5 Å². The second kappa shape index (κ2) is 6.88. The number of aromatic carboxylic acids is 1. The Morgan fingerprint density at radius 3 is 2.95 bits per heavy atom. The molecule has 0 atom stereocenters. The number of anilines is 1. The largest absolute Gasteiger partial charge is 0.477 e. The van der Waals surface area contributed by atoms with Gasteiger partial charge in [0.15, 0.2) is 5.69 Å². The number of carbonyl (C=O) groups is 1. The van der Waals surface area contributed by atoms with Crippen molar-refractivity contribution in [1.29, 1.82) is 0 Å². The Morgan fingerprint density at radius 2 is 2.24 bits per heavy atom. The van der Waals surface area contributed by atoms with Gasteiger partial charge in [-0.25, -0.2) is 9.78 Å². The van der Waals surface area contributed by atoms with Crippen molar-refractivity contribution >= 4 is 11.8 Å². The average Bonchev–Trinajstić information content (AvgIpc) is 2.83. The molecule has 6 heteroatoms. The predicted octanol–water partition coefficient (Wildman–Crippen LogP) is 2.70. The summed E-state index contributed by atoms with van der Waals surface area (Å²) in [7, 11) is 0. The van der Waals surface area contributed by atoms with Crippen LogP contribution >= 0.6 is 0 Å². The molecule has 112 valence electrons. The molecule has 2 aromatic heterocycles. The maximum absolute atomic E-state index is 10.9. The first-order valence-electron chi connectivity index (χ1n) is 7.07.